The topological polar surface area (TPSA) is 55.1 Å². The number of amides is 1. The van der Waals surface area contributed by atoms with Crippen LogP contribution in [0.2, 0.25) is 0 Å². The number of carbonyl (C=O) groups is 1. The number of hydrogen-bond acceptors (Lipinski definition) is 2. The molecule has 0 saturated heterocycles. The van der Waals surface area contributed by atoms with Crippen molar-refractivity contribution in [2.24, 2.45) is 5.73 Å². The van der Waals surface area contributed by atoms with Crippen LogP contribution < -0.4 is 11.1 Å². The lowest BCUT2D eigenvalue weighted by Crippen LogP contribution is -2.13. The Bertz CT molecular complexity index is 567. The molecule has 2 rings (SSSR count). The minimum Gasteiger partial charge on any atom is -0.381 e. The van der Waals surface area contributed by atoms with Gasteiger partial charge in [-0.3, -0.25) is 4.79 Å². The first kappa shape index (κ1) is 13.6. The van der Waals surface area contributed by atoms with Gasteiger partial charge in [0.25, 0.3) is 0 Å². The molecular weight excluding hydrogens is 304 g/mol. The molecule has 0 fully saturated rings. The Morgan fingerprint density at radius 2 is 1.79 bits per heavy atom. The van der Waals surface area contributed by atoms with Crippen LogP contribution in [0.15, 0.2) is 53.0 Å². The lowest BCUT2D eigenvalue weighted by molar-refractivity contribution is -0.117. The van der Waals surface area contributed by atoms with Crippen molar-refractivity contribution in [1.82, 2.24) is 0 Å². The van der Waals surface area contributed by atoms with E-state index in [1.807, 2.05) is 42.5 Å². The van der Waals surface area contributed by atoms with Crippen LogP contribution in [0.3, 0.4) is 0 Å². The number of nitrogens with two attached hydrogens (primary N) is 1. The molecule has 98 valence electrons. The van der Waals surface area contributed by atoms with Crippen molar-refractivity contribution in [3.8, 4) is 0 Å². The number of primary amides is 1. The molecule has 3 nitrogen and oxygen atoms in total. The fourth-order valence-corrected chi connectivity index (χ4v) is 2.21. The van der Waals surface area contributed by atoms with E-state index < -0.39 is 0 Å². The molecule has 3 N–H and O–H groups in total. The SMILES string of the molecule is NC(=O)Cc1ccc(NCc2ccccc2Br)cc1. The molecule has 0 spiro atoms. The summed E-state index contributed by atoms with van der Waals surface area (Å²) in [4.78, 5) is 10.8. The Balaban J connectivity index is 1.97. The van der Waals surface area contributed by atoms with Crippen molar-refractivity contribution < 1.29 is 4.79 Å². The van der Waals surface area contributed by atoms with Gasteiger partial charge in [0.1, 0.15) is 0 Å². The molecule has 0 aromatic heterocycles. The Morgan fingerprint density at radius 3 is 2.42 bits per heavy atom. The van der Waals surface area contributed by atoms with E-state index in [1.165, 1.54) is 5.56 Å². The van der Waals surface area contributed by atoms with E-state index >= 15 is 0 Å². The highest BCUT2D eigenvalue weighted by molar-refractivity contribution is 9.10. The minimum absolute atomic E-state index is 0.282. The van der Waals surface area contributed by atoms with Gasteiger partial charge < -0.3 is 11.1 Å². The minimum atomic E-state index is -0.311. The number of rotatable bonds is 5. The van der Waals surface area contributed by atoms with Gasteiger partial charge >= 0.3 is 0 Å². The van der Waals surface area contributed by atoms with Gasteiger partial charge in [-0.2, -0.15) is 0 Å². The van der Waals surface area contributed by atoms with E-state index in [0.29, 0.717) is 0 Å². The molecule has 0 atom stereocenters. The fraction of sp³-hybridized carbons (Fsp3) is 0.133. The van der Waals surface area contributed by atoms with Crippen molar-refractivity contribution >= 4 is 27.5 Å². The van der Waals surface area contributed by atoms with E-state index in [-0.39, 0.29) is 12.3 Å². The van der Waals surface area contributed by atoms with E-state index in [1.54, 1.807) is 0 Å². The fourth-order valence-electron chi connectivity index (χ4n) is 1.78. The second kappa shape index (κ2) is 6.38. The maximum absolute atomic E-state index is 10.8. The standard InChI is InChI=1S/C15H15BrN2O/c16-14-4-2-1-3-12(14)10-18-13-7-5-11(6-8-13)9-15(17)19/h1-8,18H,9-10H2,(H2,17,19). The Morgan fingerprint density at radius 1 is 1.11 bits per heavy atom. The first-order valence-electron chi connectivity index (χ1n) is 5.99. The van der Waals surface area contributed by atoms with Gasteiger partial charge in [-0.15, -0.1) is 0 Å². The van der Waals surface area contributed by atoms with Crippen LogP contribution in [0.25, 0.3) is 0 Å². The molecule has 0 aliphatic heterocycles. The normalized spacial score (nSPS) is 10.2. The summed E-state index contributed by atoms with van der Waals surface area (Å²) in [7, 11) is 0. The average molecular weight is 319 g/mol. The summed E-state index contributed by atoms with van der Waals surface area (Å²) in [5.74, 6) is -0.311. The highest BCUT2D eigenvalue weighted by atomic mass is 79.9. The van der Waals surface area contributed by atoms with Crippen LogP contribution in [0, 0.1) is 0 Å². The first-order valence-corrected chi connectivity index (χ1v) is 6.79. The lowest BCUT2D eigenvalue weighted by atomic mass is 10.1. The molecule has 0 bridgehead atoms. The molecule has 0 radical (unpaired) electrons. The van der Waals surface area contributed by atoms with Crippen molar-refractivity contribution in [3.63, 3.8) is 0 Å². The third-order valence-corrected chi connectivity index (χ3v) is 3.55. The highest BCUT2D eigenvalue weighted by Crippen LogP contribution is 2.18. The molecule has 0 saturated carbocycles. The zero-order valence-electron chi connectivity index (χ0n) is 10.4. The summed E-state index contributed by atoms with van der Waals surface area (Å²) in [5, 5.41) is 3.34. The Kier molecular flexibility index (Phi) is 4.58. The number of hydrogen-bond donors (Lipinski definition) is 2. The van der Waals surface area contributed by atoms with Crippen LogP contribution >= 0.6 is 15.9 Å². The summed E-state index contributed by atoms with van der Waals surface area (Å²) in [6.45, 7) is 0.747. The summed E-state index contributed by atoms with van der Waals surface area (Å²) in [6, 6.07) is 15.8. The highest BCUT2D eigenvalue weighted by Gasteiger charge is 2.00. The molecule has 2 aromatic carbocycles. The Labute approximate surface area is 121 Å². The third-order valence-electron chi connectivity index (χ3n) is 2.77. The van der Waals surface area contributed by atoms with E-state index in [4.69, 9.17) is 5.73 Å². The van der Waals surface area contributed by atoms with E-state index in [9.17, 15) is 4.79 Å². The number of nitrogens with one attached hydrogen (secondary N) is 1. The largest absolute Gasteiger partial charge is 0.381 e. The predicted molar refractivity (Wildman–Crippen MR) is 80.8 cm³/mol. The molecule has 1 amide bonds. The van der Waals surface area contributed by atoms with Crippen molar-refractivity contribution in [2.45, 2.75) is 13.0 Å². The zero-order valence-corrected chi connectivity index (χ0v) is 12.0. The molecular formula is C15H15BrN2O. The smallest absolute Gasteiger partial charge is 0.221 e. The number of halogens is 1. The summed E-state index contributed by atoms with van der Waals surface area (Å²) >= 11 is 3.52. The van der Waals surface area contributed by atoms with Crippen LogP contribution in [-0.4, -0.2) is 5.91 Å². The zero-order chi connectivity index (χ0) is 13.7. The molecule has 0 aliphatic rings. The van der Waals surface area contributed by atoms with Crippen LogP contribution in [0.1, 0.15) is 11.1 Å². The quantitative estimate of drug-likeness (QED) is 0.890. The van der Waals surface area contributed by atoms with Gasteiger partial charge in [-0.05, 0) is 29.3 Å². The number of benzene rings is 2. The molecule has 4 heteroatoms. The van der Waals surface area contributed by atoms with E-state index in [0.717, 1.165) is 22.3 Å². The maximum Gasteiger partial charge on any atom is 0.221 e. The van der Waals surface area contributed by atoms with Gasteiger partial charge in [-0.25, -0.2) is 0 Å². The van der Waals surface area contributed by atoms with Crippen molar-refractivity contribution in [2.75, 3.05) is 5.32 Å². The van der Waals surface area contributed by atoms with Crippen molar-refractivity contribution in [3.05, 3.63) is 64.1 Å². The Hall–Kier alpha value is -1.81. The molecule has 2 aromatic rings. The summed E-state index contributed by atoms with van der Waals surface area (Å²) in [6.07, 6.45) is 0.282. The molecule has 0 aliphatic carbocycles. The molecule has 0 heterocycles. The first-order chi connectivity index (χ1) is 9.15. The molecule has 19 heavy (non-hydrogen) atoms. The second-order valence-corrected chi connectivity index (χ2v) is 5.14. The number of anilines is 1. The van der Waals surface area contributed by atoms with Gasteiger partial charge in [-0.1, -0.05) is 46.3 Å². The van der Waals surface area contributed by atoms with Crippen LogP contribution in [0.4, 0.5) is 5.69 Å². The predicted octanol–water partition coefficient (Wildman–Crippen LogP) is 3.09. The van der Waals surface area contributed by atoms with Gasteiger partial charge in [0.2, 0.25) is 5.91 Å². The monoisotopic (exact) mass is 318 g/mol. The van der Waals surface area contributed by atoms with Crippen LogP contribution in [-0.2, 0) is 17.8 Å². The van der Waals surface area contributed by atoms with Gasteiger partial charge in [0.05, 0.1) is 6.42 Å². The molecule has 0 unspecified atom stereocenters. The average Bonchev–Trinajstić information content (AvgIpc) is 2.39. The summed E-state index contributed by atoms with van der Waals surface area (Å²) < 4.78 is 1.09. The summed E-state index contributed by atoms with van der Waals surface area (Å²) in [5.41, 5.74) is 8.30. The maximum atomic E-state index is 10.8. The second-order valence-electron chi connectivity index (χ2n) is 4.28. The lowest BCUT2D eigenvalue weighted by Gasteiger charge is -2.08. The van der Waals surface area contributed by atoms with Crippen LogP contribution in [0.5, 0.6) is 0 Å². The van der Waals surface area contributed by atoms with Gasteiger partial charge in [0.15, 0.2) is 0 Å². The van der Waals surface area contributed by atoms with E-state index in [2.05, 4.69) is 27.3 Å². The van der Waals surface area contributed by atoms with Crippen molar-refractivity contribution in [1.29, 1.82) is 0 Å². The van der Waals surface area contributed by atoms with Gasteiger partial charge in [0, 0.05) is 16.7 Å². The third kappa shape index (κ3) is 4.10. The number of carbonyl (C=O) groups excluding carboxylic acids is 1.